The quantitative estimate of drug-likeness (QED) is 0.551. The van der Waals surface area contributed by atoms with Gasteiger partial charge in [-0.2, -0.15) is 5.10 Å². The molecule has 2 heterocycles. The smallest absolute Gasteiger partial charge is 0.217 e. The first-order valence-corrected chi connectivity index (χ1v) is 10.2. The molecule has 0 aliphatic carbocycles. The second-order valence-corrected chi connectivity index (χ2v) is 7.68. The normalized spacial score (nSPS) is 19.4. The minimum Gasteiger partial charge on any atom is -0.493 e. The van der Waals surface area contributed by atoms with Gasteiger partial charge in [0.05, 0.1) is 31.5 Å². The lowest BCUT2D eigenvalue weighted by Crippen LogP contribution is -2.34. The predicted octanol–water partition coefficient (Wildman–Crippen LogP) is 5.60. The summed E-state index contributed by atoms with van der Waals surface area (Å²) >= 11 is 6.08. The van der Waals surface area contributed by atoms with Gasteiger partial charge in [-0.3, -0.25) is 0 Å². The molecule has 3 aromatic rings. The fraction of sp³-hybridized carbons (Fsp3) is 0.208. The Morgan fingerprint density at radius 3 is 2.47 bits per heavy atom. The molecule has 0 radical (unpaired) electrons. The summed E-state index contributed by atoms with van der Waals surface area (Å²) in [5.74, 6) is 2.18. The van der Waals surface area contributed by atoms with Gasteiger partial charge in [0.15, 0.2) is 11.5 Å². The van der Waals surface area contributed by atoms with Crippen LogP contribution >= 0.6 is 11.6 Å². The molecule has 5 rings (SSSR count). The number of methoxy groups -OCH3 is 2. The van der Waals surface area contributed by atoms with E-state index in [0.29, 0.717) is 16.5 Å². The highest BCUT2D eigenvalue weighted by Crippen LogP contribution is 2.49. The molecule has 30 heavy (non-hydrogen) atoms. The fourth-order valence-corrected chi connectivity index (χ4v) is 4.29. The molecule has 0 N–H and O–H groups in total. The highest BCUT2D eigenvalue weighted by Gasteiger charge is 2.42. The molecule has 0 spiro atoms. The SMILES string of the molecule is COc1cccc([C@@H]2Oc3ccccc3[C@@H]3CC(c4ccc(Cl)cc4)=NN32)c1OC. The molecule has 2 aliphatic heterocycles. The van der Waals surface area contributed by atoms with Gasteiger partial charge >= 0.3 is 0 Å². The van der Waals surface area contributed by atoms with Crippen molar-refractivity contribution in [2.45, 2.75) is 18.7 Å². The van der Waals surface area contributed by atoms with E-state index >= 15 is 0 Å². The van der Waals surface area contributed by atoms with Crippen LogP contribution < -0.4 is 14.2 Å². The van der Waals surface area contributed by atoms with Crippen LogP contribution in [0.5, 0.6) is 17.2 Å². The maximum atomic E-state index is 6.44. The van der Waals surface area contributed by atoms with Crippen molar-refractivity contribution in [3.8, 4) is 17.2 Å². The van der Waals surface area contributed by atoms with Crippen molar-refractivity contribution in [2.75, 3.05) is 14.2 Å². The third kappa shape index (κ3) is 3.06. The molecule has 0 fully saturated rings. The first-order valence-electron chi connectivity index (χ1n) is 9.78. The molecule has 6 heteroatoms. The summed E-state index contributed by atoms with van der Waals surface area (Å²) in [7, 11) is 3.27. The van der Waals surface area contributed by atoms with Gasteiger partial charge in [0.2, 0.25) is 6.23 Å². The van der Waals surface area contributed by atoms with Crippen LogP contribution in [0.1, 0.15) is 35.4 Å². The topological polar surface area (TPSA) is 43.3 Å². The van der Waals surface area contributed by atoms with Crippen LogP contribution in [0.15, 0.2) is 71.8 Å². The van der Waals surface area contributed by atoms with Crippen LogP contribution in [0, 0.1) is 0 Å². The van der Waals surface area contributed by atoms with E-state index in [9.17, 15) is 0 Å². The maximum Gasteiger partial charge on any atom is 0.217 e. The Morgan fingerprint density at radius 1 is 0.933 bits per heavy atom. The van der Waals surface area contributed by atoms with Crippen molar-refractivity contribution < 1.29 is 14.2 Å². The van der Waals surface area contributed by atoms with Gasteiger partial charge in [0, 0.05) is 17.0 Å². The number of para-hydroxylation sites is 2. The Morgan fingerprint density at radius 2 is 1.70 bits per heavy atom. The molecule has 0 saturated heterocycles. The number of hydrazone groups is 1. The third-order valence-corrected chi connectivity index (χ3v) is 5.83. The molecule has 0 aromatic heterocycles. The van der Waals surface area contributed by atoms with Crippen LogP contribution in [0.25, 0.3) is 0 Å². The zero-order chi connectivity index (χ0) is 20.7. The molecular weight excluding hydrogens is 400 g/mol. The lowest BCUT2D eigenvalue weighted by atomic mass is 9.96. The van der Waals surface area contributed by atoms with Crippen LogP contribution in [0.2, 0.25) is 5.02 Å². The molecule has 0 amide bonds. The molecule has 2 atom stereocenters. The number of rotatable bonds is 4. The van der Waals surface area contributed by atoms with Gasteiger partial charge < -0.3 is 14.2 Å². The molecule has 0 unspecified atom stereocenters. The largest absolute Gasteiger partial charge is 0.493 e. The second kappa shape index (κ2) is 7.58. The van der Waals surface area contributed by atoms with E-state index in [1.165, 1.54) is 0 Å². The van der Waals surface area contributed by atoms with Crippen molar-refractivity contribution in [3.63, 3.8) is 0 Å². The summed E-state index contributed by atoms with van der Waals surface area (Å²) in [4.78, 5) is 0. The first kappa shape index (κ1) is 18.8. The zero-order valence-corrected chi connectivity index (χ0v) is 17.5. The monoisotopic (exact) mass is 420 g/mol. The number of ether oxygens (including phenoxy) is 3. The minimum absolute atomic E-state index is 0.0709. The van der Waals surface area contributed by atoms with Gasteiger partial charge in [0.25, 0.3) is 0 Å². The number of fused-ring (bicyclic) bond motifs is 3. The van der Waals surface area contributed by atoms with E-state index in [1.54, 1.807) is 14.2 Å². The predicted molar refractivity (Wildman–Crippen MR) is 117 cm³/mol. The number of hydrogen-bond donors (Lipinski definition) is 0. The Labute approximate surface area is 180 Å². The van der Waals surface area contributed by atoms with E-state index in [-0.39, 0.29) is 6.04 Å². The van der Waals surface area contributed by atoms with E-state index in [4.69, 9.17) is 30.9 Å². The van der Waals surface area contributed by atoms with Crippen molar-refractivity contribution in [1.82, 2.24) is 5.01 Å². The van der Waals surface area contributed by atoms with Crippen LogP contribution in [0.4, 0.5) is 0 Å². The first-order chi connectivity index (χ1) is 14.7. The molecule has 152 valence electrons. The highest BCUT2D eigenvalue weighted by atomic mass is 35.5. The summed E-state index contributed by atoms with van der Waals surface area (Å²) < 4.78 is 17.6. The summed E-state index contributed by atoms with van der Waals surface area (Å²) in [6, 6.07) is 21.8. The average molecular weight is 421 g/mol. The summed E-state index contributed by atoms with van der Waals surface area (Å²) in [6.07, 6.45) is 0.352. The molecule has 5 nitrogen and oxygen atoms in total. The average Bonchev–Trinajstić information content (AvgIpc) is 3.24. The summed E-state index contributed by atoms with van der Waals surface area (Å²) in [5, 5.41) is 7.73. The lowest BCUT2D eigenvalue weighted by Gasteiger charge is -2.38. The van der Waals surface area contributed by atoms with Crippen molar-refractivity contribution >= 4 is 17.3 Å². The third-order valence-electron chi connectivity index (χ3n) is 5.58. The second-order valence-electron chi connectivity index (χ2n) is 7.24. The fourth-order valence-electron chi connectivity index (χ4n) is 4.16. The van der Waals surface area contributed by atoms with Gasteiger partial charge in [-0.15, -0.1) is 0 Å². The number of nitrogens with zero attached hydrogens (tertiary/aromatic N) is 2. The Bertz CT molecular complexity index is 1110. The molecule has 2 aliphatic rings. The summed E-state index contributed by atoms with van der Waals surface area (Å²) in [6.45, 7) is 0. The zero-order valence-electron chi connectivity index (χ0n) is 16.7. The Kier molecular flexibility index (Phi) is 4.75. The van der Waals surface area contributed by atoms with Gasteiger partial charge in [-0.05, 0) is 35.9 Å². The molecule has 0 saturated carbocycles. The minimum atomic E-state index is -0.431. The highest BCUT2D eigenvalue weighted by molar-refractivity contribution is 6.30. The molecule has 0 bridgehead atoms. The molecule has 3 aromatic carbocycles. The van der Waals surface area contributed by atoms with Crippen LogP contribution in [0.3, 0.4) is 0 Å². The van der Waals surface area contributed by atoms with Crippen LogP contribution in [-0.4, -0.2) is 24.9 Å². The summed E-state index contributed by atoms with van der Waals surface area (Å²) in [5.41, 5.74) is 4.06. The van der Waals surface area contributed by atoms with Crippen molar-refractivity contribution in [3.05, 3.63) is 88.4 Å². The number of halogens is 1. The Hall–Kier alpha value is -3.18. The maximum absolute atomic E-state index is 6.44. The van der Waals surface area contributed by atoms with Gasteiger partial charge in [-0.1, -0.05) is 48.0 Å². The number of hydrogen-bond acceptors (Lipinski definition) is 5. The van der Waals surface area contributed by atoms with Gasteiger partial charge in [-0.25, -0.2) is 5.01 Å². The Balaban J connectivity index is 1.62. The van der Waals surface area contributed by atoms with Gasteiger partial charge in [0.1, 0.15) is 5.75 Å². The van der Waals surface area contributed by atoms with Crippen molar-refractivity contribution in [1.29, 1.82) is 0 Å². The lowest BCUT2D eigenvalue weighted by molar-refractivity contribution is -0.0205. The van der Waals surface area contributed by atoms with Crippen molar-refractivity contribution in [2.24, 2.45) is 5.10 Å². The standard InChI is InChI=1S/C24H21ClN2O3/c1-28-22-9-5-7-18(23(22)29-2)24-27-20(17-6-3-4-8-21(17)30-24)14-19(26-27)15-10-12-16(25)13-11-15/h3-13,20,24H,14H2,1-2H3/t20-,24-/m0/s1. The number of benzene rings is 3. The van der Waals surface area contributed by atoms with E-state index in [1.807, 2.05) is 65.7 Å². The van der Waals surface area contributed by atoms with Crippen LogP contribution in [-0.2, 0) is 0 Å². The molecular formula is C24H21ClN2O3. The van der Waals surface area contributed by atoms with E-state index in [2.05, 4.69) is 6.07 Å². The van der Waals surface area contributed by atoms with E-state index < -0.39 is 6.23 Å². The van der Waals surface area contributed by atoms with E-state index in [0.717, 1.165) is 34.6 Å².